The number of halogens is 1. The number of alkyl halides is 1. The molecule has 2 aromatic carbocycles. The molecule has 1 unspecified atom stereocenters. The van der Waals surface area contributed by atoms with Crippen LogP contribution in [-0.2, 0) is 24.1 Å². The van der Waals surface area contributed by atoms with Gasteiger partial charge in [0.05, 0.1) is 5.70 Å². The zero-order valence-electron chi connectivity index (χ0n) is 27.0. The molecular formula is C34H43ClN4O6. The van der Waals surface area contributed by atoms with Gasteiger partial charge in [-0.25, -0.2) is 0 Å². The van der Waals surface area contributed by atoms with Crippen LogP contribution in [0.2, 0.25) is 0 Å². The Kier molecular flexibility index (Phi) is 12.0. The molecule has 2 N–H and O–H groups in total. The summed E-state index contributed by atoms with van der Waals surface area (Å²) in [6.45, 7) is 12.1. The van der Waals surface area contributed by atoms with E-state index >= 15 is 0 Å². The molecule has 0 aromatic heterocycles. The minimum absolute atomic E-state index is 0.0649. The van der Waals surface area contributed by atoms with E-state index in [2.05, 4.69) is 20.4 Å². The van der Waals surface area contributed by atoms with Crippen LogP contribution in [0.1, 0.15) is 59.5 Å². The van der Waals surface area contributed by atoms with Crippen LogP contribution in [0.25, 0.3) is 0 Å². The average molecular weight is 639 g/mol. The molecule has 0 fully saturated rings. The first-order valence-electron chi connectivity index (χ1n) is 15.0. The number of ether oxygens (including phenoxy) is 2. The molecule has 0 bridgehead atoms. The Bertz CT molecular complexity index is 1450. The molecule has 0 heterocycles. The molecule has 2 aromatic rings. The van der Waals surface area contributed by atoms with Crippen LogP contribution in [0.4, 0.5) is 0 Å². The van der Waals surface area contributed by atoms with Gasteiger partial charge >= 0.3 is 0 Å². The summed E-state index contributed by atoms with van der Waals surface area (Å²) in [7, 11) is 3.01. The highest BCUT2D eigenvalue weighted by Gasteiger charge is 2.59. The monoisotopic (exact) mass is 638 g/mol. The molecule has 242 valence electrons. The Hall–Kier alpha value is -3.67. The molecule has 0 saturated heterocycles. The largest absolute Gasteiger partial charge is 0.347 e. The Labute approximate surface area is 270 Å². The maximum absolute atomic E-state index is 14.4. The van der Waals surface area contributed by atoms with E-state index < -0.39 is 28.3 Å². The van der Waals surface area contributed by atoms with E-state index in [1.807, 2.05) is 40.7 Å². The van der Waals surface area contributed by atoms with E-state index in [9.17, 15) is 19.2 Å². The summed E-state index contributed by atoms with van der Waals surface area (Å²) < 4.78 is 12.1. The van der Waals surface area contributed by atoms with Crippen LogP contribution in [0.15, 0.2) is 72.0 Å². The third kappa shape index (κ3) is 6.52. The van der Waals surface area contributed by atoms with E-state index in [4.69, 9.17) is 21.1 Å². The molecule has 1 aliphatic rings. The summed E-state index contributed by atoms with van der Waals surface area (Å²) in [5, 5.41) is 5.47. The molecule has 2 amide bonds. The Morgan fingerprint density at radius 3 is 2.00 bits per heavy atom. The van der Waals surface area contributed by atoms with Crippen LogP contribution < -0.4 is 10.6 Å². The highest BCUT2D eigenvalue weighted by atomic mass is 35.5. The zero-order valence-corrected chi connectivity index (χ0v) is 27.7. The van der Waals surface area contributed by atoms with Gasteiger partial charge in [-0.1, -0.05) is 81.3 Å². The lowest BCUT2D eigenvalue weighted by molar-refractivity contribution is -0.275. The van der Waals surface area contributed by atoms with Gasteiger partial charge < -0.3 is 20.1 Å². The molecular weight excluding hydrogens is 596 g/mol. The summed E-state index contributed by atoms with van der Waals surface area (Å²) in [6, 6.07) is 13.0. The number of benzene rings is 2. The molecule has 0 radical (unpaired) electrons. The van der Waals surface area contributed by atoms with Crippen LogP contribution in [0.3, 0.4) is 0 Å². The van der Waals surface area contributed by atoms with Crippen molar-refractivity contribution in [3.05, 3.63) is 94.2 Å². The molecule has 3 rings (SSSR count). The van der Waals surface area contributed by atoms with Crippen molar-refractivity contribution in [1.82, 2.24) is 20.4 Å². The van der Waals surface area contributed by atoms with Crippen LogP contribution >= 0.6 is 11.6 Å². The van der Waals surface area contributed by atoms with Gasteiger partial charge in [0.1, 0.15) is 6.29 Å². The Morgan fingerprint density at radius 2 is 1.49 bits per heavy atom. The molecule has 0 spiro atoms. The number of aldehydes is 2. The van der Waals surface area contributed by atoms with E-state index in [0.29, 0.717) is 38.8 Å². The quantitative estimate of drug-likeness (QED) is 0.129. The SMILES string of the molecule is CCN(CC)C1(N(CC)CC)C=C(NC(=O)C(Cl)(NC(=O)c2cccc(C)c2)c2ccccc2C=O)C(C=O)=CC1(OC)OC. The number of aryl methyl sites for hydroxylation is 1. The smallest absolute Gasteiger partial charge is 0.270 e. The number of hydrogen-bond donors (Lipinski definition) is 2. The number of carbonyl (C=O) groups excluding carboxylic acids is 4. The molecule has 1 aliphatic carbocycles. The van der Waals surface area contributed by atoms with Gasteiger partial charge in [0, 0.05) is 36.5 Å². The van der Waals surface area contributed by atoms with Gasteiger partial charge in [-0.05, 0) is 57.4 Å². The van der Waals surface area contributed by atoms with Gasteiger partial charge in [0.25, 0.3) is 11.8 Å². The first-order chi connectivity index (χ1) is 21.5. The lowest BCUT2D eigenvalue weighted by Crippen LogP contribution is -2.73. The predicted molar refractivity (Wildman–Crippen MR) is 174 cm³/mol. The molecule has 1 atom stereocenters. The third-order valence-corrected chi connectivity index (χ3v) is 8.80. The Morgan fingerprint density at radius 1 is 0.889 bits per heavy atom. The van der Waals surface area contributed by atoms with Crippen molar-refractivity contribution in [3.8, 4) is 0 Å². The number of carbonyl (C=O) groups is 4. The van der Waals surface area contributed by atoms with Crippen LogP contribution in [-0.4, -0.2) is 86.0 Å². The van der Waals surface area contributed by atoms with Crippen molar-refractivity contribution in [2.24, 2.45) is 0 Å². The number of likely N-dealkylation sites (N-methyl/N-ethyl adjacent to an activating group) is 2. The second kappa shape index (κ2) is 15.1. The lowest BCUT2D eigenvalue weighted by Gasteiger charge is -2.57. The molecule has 0 saturated carbocycles. The van der Waals surface area contributed by atoms with Gasteiger partial charge in [-0.15, -0.1) is 0 Å². The van der Waals surface area contributed by atoms with E-state index in [-0.39, 0.29) is 28.0 Å². The number of nitrogens with one attached hydrogen (secondary N) is 2. The first-order valence-corrected chi connectivity index (χ1v) is 15.3. The fourth-order valence-corrected chi connectivity index (χ4v) is 6.40. The number of methoxy groups -OCH3 is 2. The fourth-order valence-electron chi connectivity index (χ4n) is 6.10. The number of rotatable bonds is 15. The second-order valence-electron chi connectivity index (χ2n) is 10.6. The number of nitrogens with zero attached hydrogens (tertiary/aromatic N) is 2. The minimum atomic E-state index is -2.25. The van der Waals surface area contributed by atoms with Crippen molar-refractivity contribution in [1.29, 1.82) is 0 Å². The summed E-state index contributed by atoms with van der Waals surface area (Å²) >= 11 is 7.10. The molecule has 45 heavy (non-hydrogen) atoms. The lowest BCUT2D eigenvalue weighted by atomic mass is 9.84. The average Bonchev–Trinajstić information content (AvgIpc) is 3.06. The van der Waals surface area contributed by atoms with Crippen molar-refractivity contribution in [2.75, 3.05) is 40.4 Å². The van der Waals surface area contributed by atoms with E-state index in [1.54, 1.807) is 42.5 Å². The normalized spacial score (nSPS) is 16.8. The maximum Gasteiger partial charge on any atom is 0.270 e. The molecule has 11 heteroatoms. The van der Waals surface area contributed by atoms with Gasteiger partial charge in [0.15, 0.2) is 11.9 Å². The first kappa shape index (κ1) is 35.8. The highest BCUT2D eigenvalue weighted by Crippen LogP contribution is 2.43. The van der Waals surface area contributed by atoms with E-state index in [0.717, 1.165) is 5.56 Å². The highest BCUT2D eigenvalue weighted by molar-refractivity contribution is 6.36. The topological polar surface area (TPSA) is 117 Å². The van der Waals surface area contributed by atoms with Crippen molar-refractivity contribution in [2.45, 2.75) is 51.1 Å². The standard InChI is InChI=1S/C34H43ClN4O6/c1-8-38(9-2)32(39(10-3)11-4)21-29(27(23-41)20-33(32,44-6)45-7)36-31(43)34(35,28-18-13-12-16-26(28)22-40)37-30(42)25-17-14-15-24(5)19-25/h12-23H,8-11H2,1-7H3,(H,36,43)(H,37,42). The second-order valence-corrected chi connectivity index (χ2v) is 11.1. The van der Waals surface area contributed by atoms with Gasteiger partial charge in [0.2, 0.25) is 10.8 Å². The number of amides is 2. The van der Waals surface area contributed by atoms with Gasteiger partial charge in [-0.3, -0.25) is 29.0 Å². The zero-order chi connectivity index (χ0) is 33.4. The van der Waals surface area contributed by atoms with Crippen molar-refractivity contribution < 1.29 is 28.7 Å². The summed E-state index contributed by atoms with van der Waals surface area (Å²) in [5.74, 6) is -2.96. The van der Waals surface area contributed by atoms with Crippen LogP contribution in [0.5, 0.6) is 0 Å². The van der Waals surface area contributed by atoms with Gasteiger partial charge in [-0.2, -0.15) is 0 Å². The van der Waals surface area contributed by atoms with Crippen molar-refractivity contribution in [3.63, 3.8) is 0 Å². The number of allylic oxidation sites excluding steroid dienone is 1. The summed E-state index contributed by atoms with van der Waals surface area (Å²) in [4.78, 5) is 54.5. The molecule has 10 nitrogen and oxygen atoms in total. The van der Waals surface area contributed by atoms with Crippen LogP contribution in [0, 0.1) is 6.92 Å². The maximum atomic E-state index is 14.4. The summed E-state index contributed by atoms with van der Waals surface area (Å²) in [5.41, 5.74) is 0.363. The Balaban J connectivity index is 2.26. The minimum Gasteiger partial charge on any atom is -0.347 e. The fraction of sp³-hybridized carbons (Fsp3) is 0.412. The van der Waals surface area contributed by atoms with E-state index in [1.165, 1.54) is 26.4 Å². The summed E-state index contributed by atoms with van der Waals surface area (Å²) in [6.07, 6.45) is 4.44. The van der Waals surface area contributed by atoms with Crippen molar-refractivity contribution >= 4 is 36.0 Å². The number of hydrogen-bond acceptors (Lipinski definition) is 8. The third-order valence-electron chi connectivity index (χ3n) is 8.33. The predicted octanol–water partition coefficient (Wildman–Crippen LogP) is 4.14. The molecule has 0 aliphatic heterocycles.